The molecule has 0 atom stereocenters. The lowest BCUT2D eigenvalue weighted by Gasteiger charge is -2.10. The van der Waals surface area contributed by atoms with Gasteiger partial charge in [0.05, 0.1) is 11.1 Å². The molecule has 0 bridgehead atoms. The Morgan fingerprint density at radius 2 is 1.68 bits per heavy atom. The molecular formula is C16H9F3N2O. The average molecular weight is 302 g/mol. The summed E-state index contributed by atoms with van der Waals surface area (Å²) >= 11 is 0. The second-order valence-electron chi connectivity index (χ2n) is 4.70. The molecule has 0 aliphatic heterocycles. The highest BCUT2D eigenvalue weighted by Gasteiger charge is 2.30. The van der Waals surface area contributed by atoms with Crippen LogP contribution in [0.15, 0.2) is 59.9 Å². The Morgan fingerprint density at radius 1 is 0.955 bits per heavy atom. The van der Waals surface area contributed by atoms with E-state index in [9.17, 15) is 18.1 Å². The minimum Gasteiger partial charge on any atom is -0.256 e. The maximum atomic E-state index is 12.6. The highest BCUT2D eigenvalue weighted by molar-refractivity contribution is 5.99. The number of halogens is 3. The first-order valence-electron chi connectivity index (χ1n) is 6.39. The van der Waals surface area contributed by atoms with Gasteiger partial charge in [-0.05, 0) is 47.1 Å². The minimum atomic E-state index is -4.37. The fourth-order valence-electron chi connectivity index (χ4n) is 2.31. The molecule has 0 N–H and O–H groups in total. The van der Waals surface area contributed by atoms with Gasteiger partial charge in [-0.3, -0.25) is 4.98 Å². The van der Waals surface area contributed by atoms with Crippen LogP contribution >= 0.6 is 0 Å². The molecule has 2 aromatic carbocycles. The van der Waals surface area contributed by atoms with E-state index >= 15 is 0 Å². The van der Waals surface area contributed by atoms with Crippen molar-refractivity contribution in [1.82, 2.24) is 4.98 Å². The van der Waals surface area contributed by atoms with Crippen molar-refractivity contribution in [2.75, 3.05) is 0 Å². The number of nitrogens with zero attached hydrogens (tertiary/aromatic N) is 2. The molecule has 1 heterocycles. The predicted octanol–water partition coefficient (Wildman–Crippen LogP) is 5.32. The van der Waals surface area contributed by atoms with Gasteiger partial charge in [0.2, 0.25) is 0 Å². The van der Waals surface area contributed by atoms with Gasteiger partial charge in [0.15, 0.2) is 0 Å². The van der Waals surface area contributed by atoms with E-state index in [4.69, 9.17) is 0 Å². The molecule has 0 unspecified atom stereocenters. The summed E-state index contributed by atoms with van der Waals surface area (Å²) in [5.74, 6) is 0. The number of alkyl halides is 3. The van der Waals surface area contributed by atoms with Crippen molar-refractivity contribution in [2.45, 2.75) is 6.18 Å². The van der Waals surface area contributed by atoms with Crippen molar-refractivity contribution in [1.29, 1.82) is 0 Å². The molecule has 0 amide bonds. The van der Waals surface area contributed by atoms with Crippen molar-refractivity contribution in [3.05, 3.63) is 65.2 Å². The van der Waals surface area contributed by atoms with E-state index in [2.05, 4.69) is 10.2 Å². The lowest BCUT2D eigenvalue weighted by molar-refractivity contribution is -0.137. The third-order valence-corrected chi connectivity index (χ3v) is 3.37. The summed E-state index contributed by atoms with van der Waals surface area (Å²) in [7, 11) is 0. The predicted molar refractivity (Wildman–Crippen MR) is 77.6 cm³/mol. The van der Waals surface area contributed by atoms with E-state index in [1.54, 1.807) is 24.4 Å². The Labute approximate surface area is 123 Å². The molecule has 110 valence electrons. The van der Waals surface area contributed by atoms with Gasteiger partial charge in [-0.2, -0.15) is 13.2 Å². The quantitative estimate of drug-likeness (QED) is 0.601. The van der Waals surface area contributed by atoms with Crippen LogP contribution in [0, 0.1) is 4.91 Å². The summed E-state index contributed by atoms with van der Waals surface area (Å²) < 4.78 is 37.8. The number of hydrogen-bond donors (Lipinski definition) is 0. The van der Waals surface area contributed by atoms with Crippen LogP contribution in [0.1, 0.15) is 5.56 Å². The summed E-state index contributed by atoms with van der Waals surface area (Å²) in [6.07, 6.45) is -2.81. The van der Waals surface area contributed by atoms with Gasteiger partial charge in [0.1, 0.15) is 5.69 Å². The van der Waals surface area contributed by atoms with Gasteiger partial charge < -0.3 is 0 Å². The standard InChI is InChI=1S/C16H9F3N2O/c17-16(18,19)11-5-3-10(4-6-11)12-7-8-14(21-22)13-2-1-9-20-15(12)13/h1-9H. The van der Waals surface area contributed by atoms with Crippen LogP contribution in [-0.4, -0.2) is 4.98 Å². The van der Waals surface area contributed by atoms with Crippen molar-refractivity contribution in [3.63, 3.8) is 0 Å². The molecule has 0 aliphatic rings. The van der Waals surface area contributed by atoms with E-state index in [-0.39, 0.29) is 5.69 Å². The Hall–Kier alpha value is -2.76. The number of fused-ring (bicyclic) bond motifs is 1. The lowest BCUT2D eigenvalue weighted by Crippen LogP contribution is -2.04. The number of benzene rings is 2. The molecule has 0 aliphatic carbocycles. The normalized spacial score (nSPS) is 11.6. The van der Waals surface area contributed by atoms with Crippen LogP contribution in [0.2, 0.25) is 0 Å². The molecule has 3 nitrogen and oxygen atoms in total. The summed E-state index contributed by atoms with van der Waals surface area (Å²) in [6.45, 7) is 0. The van der Waals surface area contributed by atoms with Crippen LogP contribution in [0.5, 0.6) is 0 Å². The second kappa shape index (κ2) is 5.22. The van der Waals surface area contributed by atoms with Crippen molar-refractivity contribution >= 4 is 16.6 Å². The Morgan fingerprint density at radius 3 is 2.32 bits per heavy atom. The Bertz CT molecular complexity index is 842. The van der Waals surface area contributed by atoms with Crippen LogP contribution in [0.4, 0.5) is 18.9 Å². The fourth-order valence-corrected chi connectivity index (χ4v) is 2.31. The fraction of sp³-hybridized carbons (Fsp3) is 0.0625. The van der Waals surface area contributed by atoms with E-state index in [0.29, 0.717) is 22.0 Å². The maximum Gasteiger partial charge on any atom is 0.416 e. The highest BCUT2D eigenvalue weighted by Crippen LogP contribution is 2.35. The van der Waals surface area contributed by atoms with Gasteiger partial charge in [-0.25, -0.2) is 0 Å². The largest absolute Gasteiger partial charge is 0.416 e. The van der Waals surface area contributed by atoms with E-state index < -0.39 is 11.7 Å². The zero-order chi connectivity index (χ0) is 15.7. The average Bonchev–Trinajstić information content (AvgIpc) is 2.53. The first-order chi connectivity index (χ1) is 10.5. The molecular weight excluding hydrogens is 293 g/mol. The maximum absolute atomic E-state index is 12.6. The summed E-state index contributed by atoms with van der Waals surface area (Å²) in [5.41, 5.74) is 1.31. The van der Waals surface area contributed by atoms with Crippen LogP contribution in [0.25, 0.3) is 22.0 Å². The molecule has 0 radical (unpaired) electrons. The summed E-state index contributed by atoms with van der Waals surface area (Å²) in [4.78, 5) is 15.0. The van der Waals surface area contributed by atoms with Crippen LogP contribution in [0.3, 0.4) is 0 Å². The molecule has 3 aromatic rings. The number of pyridine rings is 1. The molecule has 22 heavy (non-hydrogen) atoms. The Balaban J connectivity index is 2.17. The minimum absolute atomic E-state index is 0.249. The van der Waals surface area contributed by atoms with Gasteiger partial charge in [0.25, 0.3) is 0 Å². The van der Waals surface area contributed by atoms with Crippen LogP contribution < -0.4 is 0 Å². The van der Waals surface area contributed by atoms with Gasteiger partial charge >= 0.3 is 6.18 Å². The molecule has 0 saturated heterocycles. The molecule has 6 heteroatoms. The van der Waals surface area contributed by atoms with Gasteiger partial charge in [0, 0.05) is 17.1 Å². The molecule has 0 spiro atoms. The molecule has 0 saturated carbocycles. The third-order valence-electron chi connectivity index (χ3n) is 3.37. The molecule has 3 rings (SSSR count). The number of rotatable bonds is 2. The van der Waals surface area contributed by atoms with Crippen molar-refractivity contribution < 1.29 is 13.2 Å². The molecule has 1 aromatic heterocycles. The van der Waals surface area contributed by atoms with Gasteiger partial charge in [-0.15, -0.1) is 4.91 Å². The Kier molecular flexibility index (Phi) is 3.36. The highest BCUT2D eigenvalue weighted by atomic mass is 19.4. The second-order valence-corrected chi connectivity index (χ2v) is 4.70. The topological polar surface area (TPSA) is 42.3 Å². The van der Waals surface area contributed by atoms with E-state index in [1.165, 1.54) is 18.2 Å². The molecule has 0 fully saturated rings. The van der Waals surface area contributed by atoms with Gasteiger partial charge in [-0.1, -0.05) is 12.1 Å². The smallest absolute Gasteiger partial charge is 0.256 e. The van der Waals surface area contributed by atoms with E-state index in [0.717, 1.165) is 12.1 Å². The lowest BCUT2D eigenvalue weighted by atomic mass is 10.00. The van der Waals surface area contributed by atoms with Crippen molar-refractivity contribution in [2.24, 2.45) is 5.18 Å². The first kappa shape index (κ1) is 14.2. The zero-order valence-corrected chi connectivity index (χ0v) is 11.1. The third kappa shape index (κ3) is 2.43. The monoisotopic (exact) mass is 302 g/mol. The number of nitroso groups, excluding NO2 is 1. The number of aromatic nitrogens is 1. The van der Waals surface area contributed by atoms with Crippen molar-refractivity contribution in [3.8, 4) is 11.1 Å². The van der Waals surface area contributed by atoms with E-state index in [1.807, 2.05) is 0 Å². The SMILES string of the molecule is O=Nc1ccc(-c2ccc(C(F)(F)F)cc2)c2ncccc12. The first-order valence-corrected chi connectivity index (χ1v) is 6.39. The zero-order valence-electron chi connectivity index (χ0n) is 11.1. The number of hydrogen-bond acceptors (Lipinski definition) is 3. The summed E-state index contributed by atoms with van der Waals surface area (Å²) in [6, 6.07) is 11.4. The summed E-state index contributed by atoms with van der Waals surface area (Å²) in [5, 5.41) is 3.51. The van der Waals surface area contributed by atoms with Crippen LogP contribution in [-0.2, 0) is 6.18 Å².